The zero-order valence-electron chi connectivity index (χ0n) is 11.3. The van der Waals surface area contributed by atoms with Gasteiger partial charge in [-0.1, -0.05) is 5.16 Å². The summed E-state index contributed by atoms with van der Waals surface area (Å²) in [6.45, 7) is 7.14. The number of carbonyl (C=O) groups excluding carboxylic acids is 1. The molecular formula is C12H23N3O3. The van der Waals surface area contributed by atoms with Gasteiger partial charge >= 0.3 is 0 Å². The fraction of sp³-hybridized carbons (Fsp3) is 0.833. The maximum Gasteiger partial charge on any atom is 0.236 e. The molecule has 0 bridgehead atoms. The van der Waals surface area contributed by atoms with Crippen LogP contribution in [0.15, 0.2) is 5.16 Å². The number of amidine groups is 1. The molecule has 1 aliphatic heterocycles. The molecule has 6 heteroatoms. The molecule has 0 aromatic carbocycles. The first kappa shape index (κ1) is 14.8. The fourth-order valence-electron chi connectivity index (χ4n) is 2.02. The Labute approximate surface area is 108 Å². The van der Waals surface area contributed by atoms with E-state index in [1.165, 1.54) is 0 Å². The number of carbonyl (C=O) groups is 1. The van der Waals surface area contributed by atoms with Crippen molar-refractivity contribution in [3.63, 3.8) is 0 Å². The highest BCUT2D eigenvalue weighted by molar-refractivity contribution is 6.05. The van der Waals surface area contributed by atoms with E-state index in [2.05, 4.69) is 5.16 Å². The number of hydrogen-bond acceptors (Lipinski definition) is 4. The van der Waals surface area contributed by atoms with Crippen molar-refractivity contribution in [3.8, 4) is 0 Å². The van der Waals surface area contributed by atoms with Crippen LogP contribution in [-0.4, -0.2) is 47.7 Å². The largest absolute Gasteiger partial charge is 0.409 e. The minimum Gasteiger partial charge on any atom is -0.409 e. The van der Waals surface area contributed by atoms with Gasteiger partial charge in [0.2, 0.25) is 5.91 Å². The first-order chi connectivity index (χ1) is 8.43. The Bertz CT molecular complexity index is 323. The summed E-state index contributed by atoms with van der Waals surface area (Å²) < 4.78 is 5.53. The summed E-state index contributed by atoms with van der Waals surface area (Å²) in [5.41, 5.74) is 4.58. The molecule has 0 aliphatic carbocycles. The van der Waals surface area contributed by atoms with Gasteiger partial charge in [-0.25, -0.2) is 0 Å². The van der Waals surface area contributed by atoms with E-state index in [4.69, 9.17) is 15.7 Å². The molecule has 1 amide bonds. The van der Waals surface area contributed by atoms with Crippen LogP contribution in [0, 0.1) is 5.41 Å². The summed E-state index contributed by atoms with van der Waals surface area (Å²) in [6.07, 6.45) is 2.13. The predicted molar refractivity (Wildman–Crippen MR) is 68.4 cm³/mol. The average molecular weight is 257 g/mol. The first-order valence-corrected chi connectivity index (χ1v) is 6.32. The third-order valence-corrected chi connectivity index (χ3v) is 3.40. The van der Waals surface area contributed by atoms with Gasteiger partial charge in [-0.05, 0) is 33.6 Å². The monoisotopic (exact) mass is 257 g/mol. The molecule has 1 unspecified atom stereocenters. The molecule has 0 aromatic rings. The van der Waals surface area contributed by atoms with Crippen molar-refractivity contribution in [2.45, 2.75) is 39.7 Å². The van der Waals surface area contributed by atoms with Gasteiger partial charge in [-0.15, -0.1) is 0 Å². The van der Waals surface area contributed by atoms with E-state index in [1.54, 1.807) is 18.7 Å². The van der Waals surface area contributed by atoms with Gasteiger partial charge in [-0.2, -0.15) is 0 Å². The number of nitrogens with zero attached hydrogens (tertiary/aromatic N) is 2. The first-order valence-electron chi connectivity index (χ1n) is 6.32. The minimum atomic E-state index is -0.997. The third kappa shape index (κ3) is 3.13. The van der Waals surface area contributed by atoms with Crippen molar-refractivity contribution in [1.82, 2.24) is 4.90 Å². The van der Waals surface area contributed by atoms with Crippen LogP contribution in [0.4, 0.5) is 0 Å². The van der Waals surface area contributed by atoms with Crippen molar-refractivity contribution in [2.24, 2.45) is 16.3 Å². The molecule has 0 radical (unpaired) electrons. The minimum absolute atomic E-state index is 0.0710. The fourth-order valence-corrected chi connectivity index (χ4v) is 2.02. The van der Waals surface area contributed by atoms with Crippen molar-refractivity contribution in [1.29, 1.82) is 0 Å². The van der Waals surface area contributed by atoms with Gasteiger partial charge in [0.15, 0.2) is 5.84 Å². The lowest BCUT2D eigenvalue weighted by Gasteiger charge is -2.31. The molecule has 0 aromatic heterocycles. The van der Waals surface area contributed by atoms with E-state index >= 15 is 0 Å². The molecule has 3 N–H and O–H groups in total. The summed E-state index contributed by atoms with van der Waals surface area (Å²) in [7, 11) is 0. The Morgan fingerprint density at radius 1 is 1.61 bits per heavy atom. The molecular weight excluding hydrogens is 234 g/mol. The van der Waals surface area contributed by atoms with Gasteiger partial charge in [0.25, 0.3) is 0 Å². The van der Waals surface area contributed by atoms with Crippen LogP contribution in [0.2, 0.25) is 0 Å². The molecule has 0 spiro atoms. The summed E-state index contributed by atoms with van der Waals surface area (Å²) in [4.78, 5) is 14.1. The number of rotatable bonds is 5. The Kier molecular flexibility index (Phi) is 4.95. The van der Waals surface area contributed by atoms with E-state index in [-0.39, 0.29) is 17.8 Å². The zero-order valence-corrected chi connectivity index (χ0v) is 11.3. The summed E-state index contributed by atoms with van der Waals surface area (Å²) in [5.74, 6) is -0.214. The molecule has 0 saturated carbocycles. The summed E-state index contributed by atoms with van der Waals surface area (Å²) in [5, 5.41) is 11.7. The van der Waals surface area contributed by atoms with E-state index < -0.39 is 5.41 Å². The molecule has 1 rings (SSSR count). The third-order valence-electron chi connectivity index (χ3n) is 3.40. The number of likely N-dealkylation sites (N-methyl/N-ethyl adjacent to an activating group) is 1. The zero-order chi connectivity index (χ0) is 13.8. The highest BCUT2D eigenvalue weighted by Gasteiger charge is 2.37. The van der Waals surface area contributed by atoms with Crippen LogP contribution < -0.4 is 5.73 Å². The van der Waals surface area contributed by atoms with E-state index in [0.717, 1.165) is 19.4 Å². The van der Waals surface area contributed by atoms with Crippen LogP contribution in [0.3, 0.4) is 0 Å². The van der Waals surface area contributed by atoms with Crippen LogP contribution in [-0.2, 0) is 9.53 Å². The normalized spacial score (nSPS) is 21.1. The second-order valence-corrected chi connectivity index (χ2v) is 5.09. The van der Waals surface area contributed by atoms with Crippen molar-refractivity contribution >= 4 is 11.7 Å². The van der Waals surface area contributed by atoms with Crippen molar-refractivity contribution in [2.75, 3.05) is 19.7 Å². The summed E-state index contributed by atoms with van der Waals surface area (Å²) >= 11 is 0. The standard InChI is InChI=1S/C12H23N3O3/c1-4-15(8-9-6-5-7-18-9)11(16)12(2,3)10(13)14-17/h9,17H,4-8H2,1-3H3,(H2,13,14). The van der Waals surface area contributed by atoms with Crippen molar-refractivity contribution < 1.29 is 14.7 Å². The van der Waals surface area contributed by atoms with E-state index in [1.807, 2.05) is 6.92 Å². The summed E-state index contributed by atoms with van der Waals surface area (Å²) in [6, 6.07) is 0. The molecule has 1 aliphatic rings. The smallest absolute Gasteiger partial charge is 0.236 e. The van der Waals surface area contributed by atoms with Crippen LogP contribution in [0.1, 0.15) is 33.6 Å². The highest BCUT2D eigenvalue weighted by atomic mass is 16.5. The Morgan fingerprint density at radius 2 is 2.28 bits per heavy atom. The molecule has 1 fully saturated rings. The van der Waals surface area contributed by atoms with E-state index in [0.29, 0.717) is 13.1 Å². The Balaban J connectivity index is 2.71. The molecule has 1 heterocycles. The average Bonchev–Trinajstić information content (AvgIpc) is 2.86. The second-order valence-electron chi connectivity index (χ2n) is 5.09. The maximum absolute atomic E-state index is 12.4. The van der Waals surface area contributed by atoms with Crippen LogP contribution >= 0.6 is 0 Å². The molecule has 1 saturated heterocycles. The van der Waals surface area contributed by atoms with Gasteiger partial charge in [0, 0.05) is 19.7 Å². The SMILES string of the molecule is CCN(CC1CCCO1)C(=O)C(C)(C)C(N)=NO. The lowest BCUT2D eigenvalue weighted by molar-refractivity contribution is -0.138. The molecule has 104 valence electrons. The number of oxime groups is 1. The molecule has 1 atom stereocenters. The Hall–Kier alpha value is -1.30. The predicted octanol–water partition coefficient (Wildman–Crippen LogP) is 0.787. The number of nitrogens with two attached hydrogens (primary N) is 1. The van der Waals surface area contributed by atoms with Crippen molar-refractivity contribution in [3.05, 3.63) is 0 Å². The van der Waals surface area contributed by atoms with Gasteiger partial charge in [0.1, 0.15) is 5.41 Å². The quantitative estimate of drug-likeness (QED) is 0.330. The topological polar surface area (TPSA) is 88.2 Å². The molecule has 18 heavy (non-hydrogen) atoms. The van der Waals surface area contributed by atoms with Crippen LogP contribution in [0.25, 0.3) is 0 Å². The van der Waals surface area contributed by atoms with Gasteiger partial charge in [0.05, 0.1) is 6.10 Å². The van der Waals surface area contributed by atoms with Gasteiger partial charge < -0.3 is 20.6 Å². The molecule has 6 nitrogen and oxygen atoms in total. The van der Waals surface area contributed by atoms with E-state index in [9.17, 15) is 4.79 Å². The number of amides is 1. The lowest BCUT2D eigenvalue weighted by atomic mass is 9.90. The van der Waals surface area contributed by atoms with Crippen LogP contribution in [0.5, 0.6) is 0 Å². The maximum atomic E-state index is 12.4. The Morgan fingerprint density at radius 3 is 2.72 bits per heavy atom. The lowest BCUT2D eigenvalue weighted by Crippen LogP contribution is -2.49. The second kappa shape index (κ2) is 6.04. The highest BCUT2D eigenvalue weighted by Crippen LogP contribution is 2.21. The number of ether oxygens (including phenoxy) is 1. The number of hydrogen-bond donors (Lipinski definition) is 2. The van der Waals surface area contributed by atoms with Gasteiger partial charge in [-0.3, -0.25) is 4.79 Å².